The van der Waals surface area contributed by atoms with Crippen LogP contribution in [0.4, 0.5) is 0 Å². The van der Waals surface area contributed by atoms with Crippen molar-refractivity contribution >= 4 is 29.9 Å². The van der Waals surface area contributed by atoms with E-state index >= 15 is 0 Å². The van der Waals surface area contributed by atoms with Crippen molar-refractivity contribution in [3.8, 4) is 0 Å². The highest BCUT2D eigenvalue weighted by Gasteiger charge is 2.38. The number of rotatable bonds is 5. The van der Waals surface area contributed by atoms with Gasteiger partial charge in [0.05, 0.1) is 12.6 Å². The van der Waals surface area contributed by atoms with Gasteiger partial charge in [0.25, 0.3) is 0 Å². The van der Waals surface area contributed by atoms with Crippen LogP contribution in [0.25, 0.3) is 0 Å². The molecule has 0 unspecified atom stereocenters. The molecule has 27 heavy (non-hydrogen) atoms. The molecule has 2 saturated carbocycles. The molecule has 0 amide bonds. The van der Waals surface area contributed by atoms with E-state index in [9.17, 15) is 5.11 Å². The van der Waals surface area contributed by atoms with Crippen molar-refractivity contribution < 1.29 is 5.11 Å². The first kappa shape index (κ1) is 23.2. The van der Waals surface area contributed by atoms with Crippen LogP contribution >= 0.6 is 24.0 Å². The van der Waals surface area contributed by atoms with Crippen LogP contribution in [0, 0.1) is 0 Å². The summed E-state index contributed by atoms with van der Waals surface area (Å²) in [7, 11) is 0. The Hall–Kier alpha value is -0.0800. The van der Waals surface area contributed by atoms with Crippen LogP contribution in [0.5, 0.6) is 0 Å². The highest BCUT2D eigenvalue weighted by atomic mass is 127. The second kappa shape index (κ2) is 11.8. The van der Waals surface area contributed by atoms with E-state index in [0.717, 1.165) is 44.7 Å². The van der Waals surface area contributed by atoms with Crippen molar-refractivity contribution in [1.82, 2.24) is 15.5 Å². The monoisotopic (exact) mass is 492 g/mol. The summed E-state index contributed by atoms with van der Waals surface area (Å²) in [6.45, 7) is 6.50. The number of guanidine groups is 1. The van der Waals surface area contributed by atoms with Crippen molar-refractivity contribution in [1.29, 1.82) is 0 Å². The molecule has 2 aliphatic carbocycles. The molecular formula is C21H41IN4O. The average Bonchev–Trinajstić information content (AvgIpc) is 2.69. The maximum absolute atomic E-state index is 9.74. The number of halogens is 1. The summed E-state index contributed by atoms with van der Waals surface area (Å²) in [6, 6.07) is 0.452. The van der Waals surface area contributed by atoms with Crippen LogP contribution in [-0.2, 0) is 0 Å². The van der Waals surface area contributed by atoms with Crippen molar-refractivity contribution in [2.75, 3.05) is 26.2 Å². The van der Waals surface area contributed by atoms with Gasteiger partial charge >= 0.3 is 0 Å². The van der Waals surface area contributed by atoms with Crippen LogP contribution < -0.4 is 10.6 Å². The normalized spacial score (nSPS) is 29.6. The van der Waals surface area contributed by atoms with Crippen molar-refractivity contribution in [2.45, 2.75) is 102 Å². The number of hydrogen-bond donors (Lipinski definition) is 3. The van der Waals surface area contributed by atoms with E-state index in [0.29, 0.717) is 11.6 Å². The molecule has 158 valence electrons. The first-order valence-electron chi connectivity index (χ1n) is 11.2. The quantitative estimate of drug-likeness (QED) is 0.312. The lowest BCUT2D eigenvalue weighted by molar-refractivity contribution is 0.0407. The smallest absolute Gasteiger partial charge is 0.191 e. The fourth-order valence-corrected chi connectivity index (χ4v) is 5.11. The molecule has 3 rings (SSSR count). The van der Waals surface area contributed by atoms with Gasteiger partial charge in [-0.25, -0.2) is 0 Å². The first-order chi connectivity index (χ1) is 12.7. The molecule has 0 radical (unpaired) electrons. The van der Waals surface area contributed by atoms with Crippen LogP contribution in [0.2, 0.25) is 0 Å². The summed E-state index contributed by atoms with van der Waals surface area (Å²) < 4.78 is 0. The molecule has 3 fully saturated rings. The van der Waals surface area contributed by atoms with Gasteiger partial charge in [0, 0.05) is 18.1 Å². The average molecular weight is 492 g/mol. The third-order valence-electron chi connectivity index (χ3n) is 6.72. The van der Waals surface area contributed by atoms with E-state index in [1.807, 2.05) is 0 Å². The number of nitrogens with one attached hydrogen (secondary N) is 2. The maximum atomic E-state index is 9.74. The van der Waals surface area contributed by atoms with E-state index in [-0.39, 0.29) is 30.1 Å². The summed E-state index contributed by atoms with van der Waals surface area (Å²) in [5.41, 5.74) is 0.295. The Morgan fingerprint density at radius 1 is 1.00 bits per heavy atom. The van der Waals surface area contributed by atoms with Gasteiger partial charge in [0.2, 0.25) is 0 Å². The number of likely N-dealkylation sites (tertiary alicyclic amines) is 1. The van der Waals surface area contributed by atoms with Gasteiger partial charge in [-0.3, -0.25) is 9.89 Å². The summed E-state index contributed by atoms with van der Waals surface area (Å²) in [4.78, 5) is 7.87. The predicted molar refractivity (Wildman–Crippen MR) is 124 cm³/mol. The lowest BCUT2D eigenvalue weighted by Crippen LogP contribution is -2.55. The molecule has 1 aliphatic heterocycles. The molecule has 1 heterocycles. The Bertz CT molecular complexity index is 439. The number of aliphatic imine (C=N–C) groups is 1. The van der Waals surface area contributed by atoms with Gasteiger partial charge in [-0.15, -0.1) is 24.0 Å². The van der Waals surface area contributed by atoms with Crippen LogP contribution in [0.3, 0.4) is 0 Å². The zero-order valence-electron chi connectivity index (χ0n) is 17.2. The molecule has 3 N–H and O–H groups in total. The number of aliphatic hydroxyl groups is 1. The molecule has 0 bridgehead atoms. The van der Waals surface area contributed by atoms with Gasteiger partial charge in [0.1, 0.15) is 0 Å². The van der Waals surface area contributed by atoms with E-state index in [1.54, 1.807) is 0 Å². The topological polar surface area (TPSA) is 59.9 Å². The summed E-state index contributed by atoms with van der Waals surface area (Å²) >= 11 is 0. The SMILES string of the molecule is CCNC(=NCC1(N2CCCCC2)CCCCC1)NC1CCC(O)CC1.I. The fourth-order valence-electron chi connectivity index (χ4n) is 5.11. The third-order valence-corrected chi connectivity index (χ3v) is 6.72. The lowest BCUT2D eigenvalue weighted by atomic mass is 9.79. The van der Waals surface area contributed by atoms with Crippen LogP contribution in [0.1, 0.15) is 84.0 Å². The van der Waals surface area contributed by atoms with Crippen molar-refractivity contribution in [3.63, 3.8) is 0 Å². The molecule has 3 aliphatic rings. The zero-order chi connectivity index (χ0) is 18.2. The molecule has 5 nitrogen and oxygen atoms in total. The maximum Gasteiger partial charge on any atom is 0.191 e. The number of piperidine rings is 1. The largest absolute Gasteiger partial charge is 0.393 e. The van der Waals surface area contributed by atoms with Gasteiger partial charge in [-0.1, -0.05) is 25.7 Å². The van der Waals surface area contributed by atoms with E-state index in [1.165, 1.54) is 64.5 Å². The van der Waals surface area contributed by atoms with E-state index < -0.39 is 0 Å². The molecule has 0 aromatic carbocycles. The molecular weight excluding hydrogens is 451 g/mol. The summed E-state index contributed by atoms with van der Waals surface area (Å²) in [6.07, 6.45) is 14.6. The molecule has 0 aromatic rings. The van der Waals surface area contributed by atoms with Crippen LogP contribution in [-0.4, -0.2) is 59.8 Å². The number of hydrogen-bond acceptors (Lipinski definition) is 3. The Morgan fingerprint density at radius 2 is 1.63 bits per heavy atom. The number of nitrogens with zero attached hydrogens (tertiary/aromatic N) is 2. The Kier molecular flexibility index (Phi) is 10.1. The van der Waals surface area contributed by atoms with E-state index in [2.05, 4.69) is 22.5 Å². The minimum Gasteiger partial charge on any atom is -0.393 e. The molecule has 6 heteroatoms. The minimum atomic E-state index is -0.0998. The lowest BCUT2D eigenvalue weighted by Gasteiger charge is -2.47. The zero-order valence-corrected chi connectivity index (χ0v) is 19.5. The second-order valence-electron chi connectivity index (χ2n) is 8.68. The third kappa shape index (κ3) is 6.74. The first-order valence-corrected chi connectivity index (χ1v) is 11.2. The van der Waals surface area contributed by atoms with Crippen molar-refractivity contribution in [3.05, 3.63) is 0 Å². The van der Waals surface area contributed by atoms with Gasteiger partial charge in [0.15, 0.2) is 5.96 Å². The summed E-state index contributed by atoms with van der Waals surface area (Å²) in [5, 5.41) is 16.8. The summed E-state index contributed by atoms with van der Waals surface area (Å²) in [5.74, 6) is 0.982. The Labute approximate surface area is 183 Å². The van der Waals surface area contributed by atoms with Gasteiger partial charge < -0.3 is 15.7 Å². The van der Waals surface area contributed by atoms with E-state index in [4.69, 9.17) is 4.99 Å². The standard InChI is InChI=1S/C21H40N4O.HI/c1-2-22-20(24-18-9-11-19(26)12-10-18)23-17-21(13-5-3-6-14-21)25-15-7-4-8-16-25;/h18-19,26H,2-17H2,1H3,(H2,22,23,24);1H. The molecule has 0 spiro atoms. The van der Waals surface area contributed by atoms with Gasteiger partial charge in [-0.05, 0) is 71.4 Å². The minimum absolute atomic E-state index is 0. The Balaban J connectivity index is 0.00000261. The van der Waals surface area contributed by atoms with Gasteiger partial charge in [-0.2, -0.15) is 0 Å². The fraction of sp³-hybridized carbons (Fsp3) is 0.952. The predicted octanol–water partition coefficient (Wildman–Crippen LogP) is 3.65. The van der Waals surface area contributed by atoms with Crippen molar-refractivity contribution in [2.24, 2.45) is 4.99 Å². The van der Waals surface area contributed by atoms with Crippen LogP contribution in [0.15, 0.2) is 4.99 Å². The highest BCUT2D eigenvalue weighted by molar-refractivity contribution is 14.0. The highest BCUT2D eigenvalue weighted by Crippen LogP contribution is 2.36. The Morgan fingerprint density at radius 3 is 2.26 bits per heavy atom. The molecule has 1 saturated heterocycles. The molecule has 0 atom stereocenters. The second-order valence-corrected chi connectivity index (χ2v) is 8.68. The molecule has 0 aromatic heterocycles. The number of aliphatic hydroxyl groups excluding tert-OH is 1.